The van der Waals surface area contributed by atoms with Gasteiger partial charge in [-0.1, -0.05) is 20.8 Å². The average Bonchev–Trinajstić information content (AvgIpc) is 2.56. The van der Waals surface area contributed by atoms with Gasteiger partial charge in [-0.05, 0) is 18.4 Å². The van der Waals surface area contributed by atoms with Crippen molar-refractivity contribution in [1.29, 1.82) is 0 Å². The molecule has 1 aromatic rings. The van der Waals surface area contributed by atoms with Gasteiger partial charge in [0, 0.05) is 7.05 Å². The SMILES string of the molecule is CCc1cc(CS(=O)(=O)C(C(=O)O)C(C)C)n(C)n1. The number of aliphatic carboxylic acids is 1. The lowest BCUT2D eigenvalue weighted by molar-refractivity contribution is -0.137. The van der Waals surface area contributed by atoms with Gasteiger partial charge in [-0.15, -0.1) is 0 Å². The predicted octanol–water partition coefficient (Wildman–Crippen LogP) is 1.01. The number of carboxylic acids is 1. The molecule has 1 aromatic heterocycles. The van der Waals surface area contributed by atoms with Crippen molar-refractivity contribution in [3.05, 3.63) is 17.5 Å². The van der Waals surface area contributed by atoms with Crippen molar-refractivity contribution in [2.24, 2.45) is 13.0 Å². The van der Waals surface area contributed by atoms with Crippen molar-refractivity contribution in [1.82, 2.24) is 9.78 Å². The van der Waals surface area contributed by atoms with Crippen LogP contribution in [0.5, 0.6) is 0 Å². The third-order valence-corrected chi connectivity index (χ3v) is 5.19. The molecule has 0 bridgehead atoms. The van der Waals surface area contributed by atoms with Crippen molar-refractivity contribution in [3.8, 4) is 0 Å². The summed E-state index contributed by atoms with van der Waals surface area (Å²) in [7, 11) is -2.09. The first-order chi connectivity index (χ1) is 8.69. The van der Waals surface area contributed by atoms with E-state index in [0.717, 1.165) is 5.69 Å². The number of carbonyl (C=O) groups is 1. The molecule has 1 atom stereocenters. The molecule has 0 aliphatic carbocycles. The van der Waals surface area contributed by atoms with Crippen LogP contribution in [-0.2, 0) is 33.9 Å². The summed E-state index contributed by atoms with van der Waals surface area (Å²) in [6.07, 6.45) is 0.709. The topological polar surface area (TPSA) is 89.3 Å². The summed E-state index contributed by atoms with van der Waals surface area (Å²) in [5.74, 6) is -2.07. The van der Waals surface area contributed by atoms with Crippen molar-refractivity contribution in [2.75, 3.05) is 0 Å². The Morgan fingerprint density at radius 2 is 2.05 bits per heavy atom. The van der Waals surface area contributed by atoms with Crippen LogP contribution in [0, 0.1) is 5.92 Å². The molecule has 0 spiro atoms. The number of hydrogen-bond donors (Lipinski definition) is 1. The first kappa shape index (κ1) is 15.7. The van der Waals surface area contributed by atoms with Crippen LogP contribution in [-0.4, -0.2) is 34.5 Å². The quantitative estimate of drug-likeness (QED) is 0.843. The number of aromatic nitrogens is 2. The molecule has 0 aromatic carbocycles. The zero-order valence-electron chi connectivity index (χ0n) is 11.6. The number of sulfone groups is 1. The van der Waals surface area contributed by atoms with Crippen molar-refractivity contribution >= 4 is 15.8 Å². The lowest BCUT2D eigenvalue weighted by Crippen LogP contribution is -2.36. The third kappa shape index (κ3) is 3.56. The fraction of sp³-hybridized carbons (Fsp3) is 0.667. The highest BCUT2D eigenvalue weighted by atomic mass is 32.2. The Labute approximate surface area is 113 Å². The Morgan fingerprint density at radius 3 is 2.42 bits per heavy atom. The van der Waals surface area contributed by atoms with E-state index < -0.39 is 27.0 Å². The molecular weight excluding hydrogens is 268 g/mol. The second-order valence-corrected chi connectivity index (χ2v) is 7.04. The first-order valence-corrected chi connectivity index (χ1v) is 7.86. The Balaban J connectivity index is 3.07. The maximum absolute atomic E-state index is 12.2. The molecule has 0 saturated carbocycles. The Bertz CT molecular complexity index is 560. The highest BCUT2D eigenvalue weighted by Crippen LogP contribution is 2.18. The molecule has 1 heterocycles. The number of aryl methyl sites for hydroxylation is 2. The monoisotopic (exact) mass is 288 g/mol. The van der Waals surface area contributed by atoms with Crippen molar-refractivity contribution in [2.45, 2.75) is 38.2 Å². The zero-order valence-corrected chi connectivity index (χ0v) is 12.4. The van der Waals surface area contributed by atoms with Crippen LogP contribution < -0.4 is 0 Å². The first-order valence-electron chi connectivity index (χ1n) is 6.15. The minimum atomic E-state index is -3.75. The van der Waals surface area contributed by atoms with E-state index >= 15 is 0 Å². The molecule has 19 heavy (non-hydrogen) atoms. The van der Waals surface area contributed by atoms with Gasteiger partial charge in [-0.25, -0.2) is 8.42 Å². The van der Waals surface area contributed by atoms with Gasteiger partial charge in [0.05, 0.1) is 17.1 Å². The van der Waals surface area contributed by atoms with E-state index in [1.165, 1.54) is 4.68 Å². The van der Waals surface area contributed by atoms with Crippen LogP contribution in [0.2, 0.25) is 0 Å². The molecule has 0 fully saturated rings. The van der Waals surface area contributed by atoms with Gasteiger partial charge in [-0.2, -0.15) is 5.10 Å². The van der Waals surface area contributed by atoms with Gasteiger partial charge in [0.2, 0.25) is 0 Å². The highest BCUT2D eigenvalue weighted by Gasteiger charge is 2.35. The predicted molar refractivity (Wildman–Crippen MR) is 71.5 cm³/mol. The van der Waals surface area contributed by atoms with Crippen LogP contribution >= 0.6 is 0 Å². The summed E-state index contributed by atoms with van der Waals surface area (Å²) in [4.78, 5) is 11.1. The highest BCUT2D eigenvalue weighted by molar-refractivity contribution is 7.92. The largest absolute Gasteiger partial charge is 0.480 e. The fourth-order valence-corrected chi connectivity index (χ4v) is 4.03. The molecule has 6 nitrogen and oxygen atoms in total. The van der Waals surface area contributed by atoms with Crippen LogP contribution in [0.15, 0.2) is 6.07 Å². The number of rotatable bonds is 6. The summed E-state index contributed by atoms with van der Waals surface area (Å²) in [5.41, 5.74) is 1.31. The summed E-state index contributed by atoms with van der Waals surface area (Å²) in [6.45, 7) is 5.11. The summed E-state index contributed by atoms with van der Waals surface area (Å²) < 4.78 is 25.9. The fourth-order valence-electron chi connectivity index (χ4n) is 2.03. The molecule has 0 amide bonds. The summed E-state index contributed by atoms with van der Waals surface area (Å²) in [5, 5.41) is 11.9. The van der Waals surface area contributed by atoms with Crippen molar-refractivity contribution < 1.29 is 18.3 Å². The molecule has 0 saturated heterocycles. The minimum absolute atomic E-state index is 0.300. The van der Waals surface area contributed by atoms with Crippen LogP contribution in [0.4, 0.5) is 0 Å². The second-order valence-electron chi connectivity index (χ2n) is 4.91. The molecular formula is C12H20N2O4S. The number of carboxylic acid groups (broad SMARTS) is 1. The molecule has 1 unspecified atom stereocenters. The van der Waals surface area contributed by atoms with E-state index in [0.29, 0.717) is 12.1 Å². The van der Waals surface area contributed by atoms with E-state index in [-0.39, 0.29) is 5.75 Å². The molecule has 108 valence electrons. The molecule has 0 radical (unpaired) electrons. The van der Waals surface area contributed by atoms with Crippen LogP contribution in [0.1, 0.15) is 32.2 Å². The summed E-state index contributed by atoms with van der Waals surface area (Å²) in [6, 6.07) is 1.71. The summed E-state index contributed by atoms with van der Waals surface area (Å²) >= 11 is 0. The van der Waals surface area contributed by atoms with Gasteiger partial charge in [-0.3, -0.25) is 9.48 Å². The lowest BCUT2D eigenvalue weighted by Gasteiger charge is -2.16. The normalized spacial score (nSPS) is 13.7. The van der Waals surface area contributed by atoms with Gasteiger partial charge in [0.25, 0.3) is 0 Å². The maximum Gasteiger partial charge on any atom is 0.322 e. The Kier molecular flexibility index (Phi) is 4.73. The average molecular weight is 288 g/mol. The third-order valence-electron chi connectivity index (χ3n) is 2.97. The van der Waals surface area contributed by atoms with Gasteiger partial charge >= 0.3 is 5.97 Å². The lowest BCUT2D eigenvalue weighted by atomic mass is 10.1. The number of nitrogens with zero attached hydrogens (tertiary/aromatic N) is 2. The van der Waals surface area contributed by atoms with E-state index in [1.807, 2.05) is 6.92 Å². The van der Waals surface area contributed by atoms with E-state index in [9.17, 15) is 13.2 Å². The van der Waals surface area contributed by atoms with E-state index in [4.69, 9.17) is 5.11 Å². The van der Waals surface area contributed by atoms with E-state index in [2.05, 4.69) is 5.10 Å². The minimum Gasteiger partial charge on any atom is -0.480 e. The van der Waals surface area contributed by atoms with Gasteiger partial charge in [0.1, 0.15) is 0 Å². The molecule has 0 aliphatic heterocycles. The molecule has 7 heteroatoms. The van der Waals surface area contributed by atoms with Gasteiger partial charge < -0.3 is 5.11 Å². The van der Waals surface area contributed by atoms with E-state index in [1.54, 1.807) is 27.0 Å². The smallest absolute Gasteiger partial charge is 0.322 e. The number of hydrogen-bond acceptors (Lipinski definition) is 4. The molecule has 1 rings (SSSR count). The molecule has 0 aliphatic rings. The molecule has 1 N–H and O–H groups in total. The maximum atomic E-state index is 12.2. The van der Waals surface area contributed by atoms with Crippen LogP contribution in [0.25, 0.3) is 0 Å². The second kappa shape index (κ2) is 5.73. The van der Waals surface area contributed by atoms with Gasteiger partial charge in [0.15, 0.2) is 15.1 Å². The Morgan fingerprint density at radius 1 is 1.47 bits per heavy atom. The van der Waals surface area contributed by atoms with Crippen LogP contribution in [0.3, 0.4) is 0 Å². The Hall–Kier alpha value is -1.37. The van der Waals surface area contributed by atoms with Crippen molar-refractivity contribution in [3.63, 3.8) is 0 Å². The zero-order chi connectivity index (χ0) is 14.8. The standard InChI is InChI=1S/C12H20N2O4S/c1-5-9-6-10(14(4)13-9)7-19(17,18)11(8(2)3)12(15)16/h6,8,11H,5,7H2,1-4H3,(H,15,16).